The zero-order valence-electron chi connectivity index (χ0n) is 19.3. The highest BCUT2D eigenvalue weighted by Crippen LogP contribution is 2.23. The lowest BCUT2D eigenvalue weighted by molar-refractivity contribution is -0.141. The summed E-state index contributed by atoms with van der Waals surface area (Å²) in [6, 6.07) is 8.04. The molecule has 3 rings (SSSR count). The molecule has 9 heteroatoms. The van der Waals surface area contributed by atoms with Gasteiger partial charge in [0.2, 0.25) is 11.8 Å². The predicted molar refractivity (Wildman–Crippen MR) is 126 cm³/mol. The number of benzene rings is 1. The third-order valence-electron chi connectivity index (χ3n) is 5.78. The normalized spacial score (nSPS) is 15.0. The number of fused-ring (bicyclic) bond motifs is 1. The Morgan fingerprint density at radius 2 is 1.88 bits per heavy atom. The number of aliphatic carboxylic acids is 1. The molecule has 178 valence electrons. The van der Waals surface area contributed by atoms with Crippen molar-refractivity contribution in [1.29, 1.82) is 0 Å². The number of aromatic nitrogens is 2. The first-order valence-electron chi connectivity index (χ1n) is 11.2. The Kier molecular flexibility index (Phi) is 7.75. The molecule has 0 radical (unpaired) electrons. The monoisotopic (exact) mass is 456 g/mol. The summed E-state index contributed by atoms with van der Waals surface area (Å²) < 4.78 is 2.27. The summed E-state index contributed by atoms with van der Waals surface area (Å²) in [6.07, 6.45) is 4.02. The second kappa shape index (κ2) is 10.5. The molecule has 1 aliphatic rings. The zero-order valence-corrected chi connectivity index (χ0v) is 19.3. The molecule has 1 aromatic carbocycles. The molecule has 2 aromatic rings. The van der Waals surface area contributed by atoms with Gasteiger partial charge in [-0.2, -0.15) is 4.68 Å². The number of imidazole rings is 1. The van der Waals surface area contributed by atoms with Crippen LogP contribution in [0.25, 0.3) is 6.08 Å². The molecule has 33 heavy (non-hydrogen) atoms. The van der Waals surface area contributed by atoms with Gasteiger partial charge in [0.05, 0.1) is 5.69 Å². The van der Waals surface area contributed by atoms with Gasteiger partial charge in [0.15, 0.2) is 6.04 Å². The van der Waals surface area contributed by atoms with E-state index in [2.05, 4.69) is 0 Å². The number of hydrogen-bond acceptors (Lipinski definition) is 5. The molecule has 2 heterocycles. The third kappa shape index (κ3) is 5.54. The molecule has 1 aromatic heterocycles. The molecular formula is C24H32N4O5. The summed E-state index contributed by atoms with van der Waals surface area (Å²) in [5.41, 5.74) is 0.660. The van der Waals surface area contributed by atoms with Gasteiger partial charge in [-0.3, -0.25) is 14.3 Å². The molecule has 0 fully saturated rings. The first-order valence-corrected chi connectivity index (χ1v) is 11.2. The molecule has 9 nitrogen and oxygen atoms in total. The fourth-order valence-electron chi connectivity index (χ4n) is 3.90. The third-order valence-corrected chi connectivity index (χ3v) is 5.78. The van der Waals surface area contributed by atoms with Crippen molar-refractivity contribution in [2.45, 2.75) is 52.2 Å². The Hall–Kier alpha value is -3.33. The number of nitrogens with zero attached hydrogens (tertiary/aromatic N) is 4. The average molecular weight is 457 g/mol. The van der Waals surface area contributed by atoms with E-state index in [1.807, 2.05) is 56.1 Å². The van der Waals surface area contributed by atoms with E-state index in [1.54, 1.807) is 12.2 Å². The lowest BCUT2D eigenvalue weighted by Crippen LogP contribution is -2.55. The quantitative estimate of drug-likeness (QED) is 0.599. The maximum atomic E-state index is 13.3. The van der Waals surface area contributed by atoms with E-state index in [4.69, 9.17) is 0 Å². The van der Waals surface area contributed by atoms with Gasteiger partial charge in [0.1, 0.15) is 0 Å². The summed E-state index contributed by atoms with van der Waals surface area (Å²) in [5, 5.41) is 21.9. The van der Waals surface area contributed by atoms with Crippen LogP contribution >= 0.6 is 0 Å². The van der Waals surface area contributed by atoms with Crippen molar-refractivity contribution in [1.82, 2.24) is 14.1 Å². The SMILES string of the molecule is CC(C)CCC(=O)N([C@@H](CC=Cc1ccccc1)C(=O)O)n1c(O)c2n(c1=O)CCN(C)C2. The highest BCUT2D eigenvalue weighted by Gasteiger charge is 2.36. The minimum absolute atomic E-state index is 0.0239. The van der Waals surface area contributed by atoms with Gasteiger partial charge in [-0.25, -0.2) is 14.6 Å². The molecule has 0 bridgehead atoms. The predicted octanol–water partition coefficient (Wildman–Crippen LogP) is 2.26. The topological polar surface area (TPSA) is 108 Å². The molecule has 0 unspecified atom stereocenters. The van der Waals surface area contributed by atoms with E-state index in [9.17, 15) is 24.6 Å². The average Bonchev–Trinajstić information content (AvgIpc) is 3.01. The van der Waals surface area contributed by atoms with Crippen LogP contribution in [0.5, 0.6) is 5.88 Å². The summed E-state index contributed by atoms with van der Waals surface area (Å²) in [4.78, 5) is 40.7. The van der Waals surface area contributed by atoms with Crippen LogP contribution in [0.2, 0.25) is 0 Å². The van der Waals surface area contributed by atoms with Crippen LogP contribution in [0.1, 0.15) is 44.4 Å². The Morgan fingerprint density at radius 3 is 2.52 bits per heavy atom. The Bertz CT molecular complexity index is 1070. The zero-order chi connectivity index (χ0) is 24.1. The van der Waals surface area contributed by atoms with E-state index in [0.717, 1.165) is 15.2 Å². The number of carboxylic acid groups (broad SMARTS) is 1. The van der Waals surface area contributed by atoms with Gasteiger partial charge in [-0.05, 0) is 31.4 Å². The smallest absolute Gasteiger partial charge is 0.350 e. The van der Waals surface area contributed by atoms with Gasteiger partial charge >= 0.3 is 11.7 Å². The van der Waals surface area contributed by atoms with Crippen LogP contribution in [0.15, 0.2) is 41.2 Å². The Morgan fingerprint density at radius 1 is 1.18 bits per heavy atom. The molecule has 1 aliphatic heterocycles. The first-order chi connectivity index (χ1) is 15.7. The van der Waals surface area contributed by atoms with Crippen molar-refractivity contribution < 1.29 is 19.8 Å². The van der Waals surface area contributed by atoms with E-state index in [1.165, 1.54) is 4.57 Å². The summed E-state index contributed by atoms with van der Waals surface area (Å²) in [7, 11) is 1.87. The Balaban J connectivity index is 2.01. The lowest BCUT2D eigenvalue weighted by atomic mass is 10.1. The molecule has 0 aliphatic carbocycles. The molecule has 1 amide bonds. The number of carbonyl (C=O) groups excluding carboxylic acids is 1. The van der Waals surface area contributed by atoms with Crippen molar-refractivity contribution in [3.63, 3.8) is 0 Å². The van der Waals surface area contributed by atoms with Crippen LogP contribution in [-0.2, 0) is 22.7 Å². The molecule has 1 atom stereocenters. The van der Waals surface area contributed by atoms with E-state index in [-0.39, 0.29) is 24.6 Å². The molecule has 0 saturated carbocycles. The highest BCUT2D eigenvalue weighted by atomic mass is 16.4. The van der Waals surface area contributed by atoms with Gasteiger partial charge in [0, 0.05) is 26.1 Å². The van der Waals surface area contributed by atoms with Crippen LogP contribution in [0.3, 0.4) is 0 Å². The summed E-state index contributed by atoms with van der Waals surface area (Å²) >= 11 is 0. The fraction of sp³-hybridized carbons (Fsp3) is 0.458. The van der Waals surface area contributed by atoms with Gasteiger partial charge < -0.3 is 10.2 Å². The van der Waals surface area contributed by atoms with Crippen molar-refractivity contribution in [2.24, 2.45) is 5.92 Å². The minimum atomic E-state index is -1.35. The van der Waals surface area contributed by atoms with E-state index >= 15 is 0 Å². The number of hydrogen-bond donors (Lipinski definition) is 2. The van der Waals surface area contributed by atoms with Crippen molar-refractivity contribution in [2.75, 3.05) is 18.6 Å². The summed E-state index contributed by atoms with van der Waals surface area (Å²) in [5.74, 6) is -1.93. The number of amides is 1. The largest absolute Gasteiger partial charge is 0.492 e. The van der Waals surface area contributed by atoms with Crippen molar-refractivity contribution in [3.05, 3.63) is 58.1 Å². The number of carbonyl (C=O) groups is 2. The maximum Gasteiger partial charge on any atom is 0.350 e. The second-order valence-corrected chi connectivity index (χ2v) is 8.83. The minimum Gasteiger partial charge on any atom is -0.492 e. The standard InChI is InChI=1S/C24H32N4O5/c1-17(2)12-13-21(29)27(19(23(31)32)11-7-10-18-8-5-4-6-9-18)28-22(30)20-16-25(3)14-15-26(20)24(28)33/h4-10,17,19,30H,11-16H2,1-3H3,(H,31,32)/t19-/m0/s1. The second-order valence-electron chi connectivity index (χ2n) is 8.83. The maximum absolute atomic E-state index is 13.3. The molecule has 0 saturated heterocycles. The van der Waals surface area contributed by atoms with Gasteiger partial charge in [0.25, 0.3) is 0 Å². The van der Waals surface area contributed by atoms with Crippen LogP contribution in [0, 0.1) is 5.92 Å². The van der Waals surface area contributed by atoms with Crippen LogP contribution in [0.4, 0.5) is 0 Å². The lowest BCUT2D eigenvalue weighted by Gasteiger charge is -2.29. The van der Waals surface area contributed by atoms with Crippen molar-refractivity contribution in [3.8, 4) is 5.88 Å². The van der Waals surface area contributed by atoms with E-state index in [0.29, 0.717) is 31.7 Å². The van der Waals surface area contributed by atoms with E-state index < -0.39 is 23.6 Å². The number of carboxylic acids is 1. The fourth-order valence-corrected chi connectivity index (χ4v) is 3.90. The number of rotatable bonds is 9. The van der Waals surface area contributed by atoms with Gasteiger partial charge in [-0.15, -0.1) is 0 Å². The Labute approximate surface area is 193 Å². The highest BCUT2D eigenvalue weighted by molar-refractivity contribution is 5.93. The molecule has 0 spiro atoms. The van der Waals surface area contributed by atoms with Crippen LogP contribution < -0.4 is 10.7 Å². The first kappa shape index (κ1) is 24.3. The molecule has 2 N–H and O–H groups in total. The summed E-state index contributed by atoms with van der Waals surface area (Å²) in [6.45, 7) is 5.22. The molecular weight excluding hydrogens is 424 g/mol. The van der Waals surface area contributed by atoms with Crippen molar-refractivity contribution >= 4 is 18.0 Å². The number of aromatic hydroxyl groups is 1. The van der Waals surface area contributed by atoms with Gasteiger partial charge in [-0.1, -0.05) is 56.3 Å². The number of likely N-dealkylation sites (N-methyl/N-ethyl adjacent to an activating group) is 1. The van der Waals surface area contributed by atoms with Crippen LogP contribution in [-0.4, -0.2) is 55.9 Å².